The molecular weight excluding hydrogens is 985 g/mol. The Kier molecular flexibility index (Phi) is 64.3. The van der Waals surface area contributed by atoms with Crippen LogP contribution in [0.4, 0.5) is 0 Å². The Labute approximate surface area is 495 Å². The second-order valence-electron chi connectivity index (χ2n) is 22.3. The number of hydrogen-bond donors (Lipinski definition) is 0. The lowest BCUT2D eigenvalue weighted by Gasteiger charge is -2.18. The van der Waals surface area contributed by atoms with Gasteiger partial charge in [0.15, 0.2) is 6.10 Å². The highest BCUT2D eigenvalue weighted by molar-refractivity contribution is 5.71. The van der Waals surface area contributed by atoms with E-state index < -0.39 is 6.10 Å². The van der Waals surface area contributed by atoms with Gasteiger partial charge < -0.3 is 14.2 Å². The Hall–Kier alpha value is -3.93. The Morgan fingerprint density at radius 3 is 0.775 bits per heavy atom. The van der Waals surface area contributed by atoms with Crippen LogP contribution in [0, 0.1) is 0 Å². The van der Waals surface area contributed by atoms with Gasteiger partial charge in [-0.1, -0.05) is 284 Å². The van der Waals surface area contributed by atoms with E-state index in [2.05, 4.69) is 130 Å². The lowest BCUT2D eigenvalue weighted by Crippen LogP contribution is -2.30. The maximum atomic E-state index is 12.9. The molecule has 6 nitrogen and oxygen atoms in total. The van der Waals surface area contributed by atoms with Crippen molar-refractivity contribution in [2.45, 2.75) is 329 Å². The van der Waals surface area contributed by atoms with E-state index >= 15 is 0 Å². The van der Waals surface area contributed by atoms with Gasteiger partial charge in [-0.15, -0.1) is 0 Å². The summed E-state index contributed by atoms with van der Waals surface area (Å²) >= 11 is 0. The highest BCUT2D eigenvalue weighted by Crippen LogP contribution is 2.16. The molecule has 0 rings (SSSR count). The number of rotatable bonds is 61. The van der Waals surface area contributed by atoms with Crippen LogP contribution in [0.5, 0.6) is 0 Å². The third kappa shape index (κ3) is 64.9. The van der Waals surface area contributed by atoms with Crippen molar-refractivity contribution >= 4 is 17.9 Å². The normalized spacial score (nSPS) is 12.8. The molecule has 1 unspecified atom stereocenters. The zero-order valence-corrected chi connectivity index (χ0v) is 52.6. The van der Waals surface area contributed by atoms with Crippen molar-refractivity contribution in [3.63, 3.8) is 0 Å². The van der Waals surface area contributed by atoms with E-state index in [1.165, 1.54) is 167 Å². The van der Waals surface area contributed by atoms with Gasteiger partial charge in [0.2, 0.25) is 0 Å². The second-order valence-corrected chi connectivity index (χ2v) is 22.3. The van der Waals surface area contributed by atoms with Gasteiger partial charge in [0.25, 0.3) is 0 Å². The first-order valence-corrected chi connectivity index (χ1v) is 33.9. The molecule has 0 aliphatic rings. The highest BCUT2D eigenvalue weighted by Gasteiger charge is 2.19. The molecule has 1 atom stereocenters. The van der Waals surface area contributed by atoms with E-state index in [0.29, 0.717) is 19.3 Å². The molecular formula is C74H126O6. The predicted molar refractivity (Wildman–Crippen MR) is 348 cm³/mol. The molecule has 0 aliphatic carbocycles. The maximum Gasteiger partial charge on any atom is 0.306 e. The fraction of sp³-hybridized carbons (Fsp3) is 0.716. The molecule has 0 aromatic rings. The highest BCUT2D eigenvalue weighted by atomic mass is 16.6. The fourth-order valence-corrected chi connectivity index (χ4v) is 9.41. The van der Waals surface area contributed by atoms with Crippen LogP contribution < -0.4 is 0 Å². The van der Waals surface area contributed by atoms with Crippen molar-refractivity contribution in [1.29, 1.82) is 0 Å². The Balaban J connectivity index is 4.26. The lowest BCUT2D eigenvalue weighted by molar-refractivity contribution is -0.167. The van der Waals surface area contributed by atoms with Crippen LogP contribution in [0.3, 0.4) is 0 Å². The number of carbonyl (C=O) groups excluding carboxylic acids is 3. The molecule has 0 radical (unpaired) electrons. The molecule has 0 saturated carbocycles. The molecule has 0 bridgehead atoms. The van der Waals surface area contributed by atoms with Crippen molar-refractivity contribution in [1.82, 2.24) is 0 Å². The summed E-state index contributed by atoms with van der Waals surface area (Å²) in [6.07, 6.45) is 92.4. The minimum absolute atomic E-state index is 0.0838. The van der Waals surface area contributed by atoms with Crippen molar-refractivity contribution in [3.05, 3.63) is 109 Å². The SMILES string of the molecule is CC/C=C\C/C=C\C/C=C\C/C=C\C/C=C\C/C=C\CCCCCCCCCCCCCCC(=O)OCC(COC(=O)CCCCCCC/C=C\CCCCCC)OC(=O)CCCCCCCCC/C=C\C/C=C\CCCCCC. The Morgan fingerprint density at radius 2 is 0.487 bits per heavy atom. The first-order chi connectivity index (χ1) is 39.5. The van der Waals surface area contributed by atoms with Crippen molar-refractivity contribution in [3.8, 4) is 0 Å². The summed E-state index contributed by atoms with van der Waals surface area (Å²) in [6, 6.07) is 0. The Bertz CT molecular complexity index is 1610. The number of ether oxygens (including phenoxy) is 3. The lowest BCUT2D eigenvalue weighted by atomic mass is 10.0. The van der Waals surface area contributed by atoms with Gasteiger partial charge in [-0.3, -0.25) is 14.4 Å². The zero-order chi connectivity index (χ0) is 57.8. The van der Waals surface area contributed by atoms with E-state index in [-0.39, 0.29) is 31.1 Å². The molecule has 0 spiro atoms. The van der Waals surface area contributed by atoms with Crippen LogP contribution in [-0.2, 0) is 28.6 Å². The van der Waals surface area contributed by atoms with E-state index in [0.717, 1.165) is 116 Å². The zero-order valence-electron chi connectivity index (χ0n) is 52.6. The van der Waals surface area contributed by atoms with E-state index in [4.69, 9.17) is 14.2 Å². The molecule has 0 fully saturated rings. The molecule has 0 amide bonds. The molecule has 0 aliphatic heterocycles. The van der Waals surface area contributed by atoms with E-state index in [1.807, 2.05) is 0 Å². The fourth-order valence-electron chi connectivity index (χ4n) is 9.41. The van der Waals surface area contributed by atoms with E-state index in [1.54, 1.807) is 0 Å². The van der Waals surface area contributed by atoms with Gasteiger partial charge >= 0.3 is 17.9 Å². The van der Waals surface area contributed by atoms with Crippen LogP contribution >= 0.6 is 0 Å². The molecule has 80 heavy (non-hydrogen) atoms. The summed E-state index contributed by atoms with van der Waals surface area (Å²) in [5.41, 5.74) is 0. The minimum Gasteiger partial charge on any atom is -0.462 e. The first kappa shape index (κ1) is 76.1. The monoisotopic (exact) mass is 1110 g/mol. The van der Waals surface area contributed by atoms with Gasteiger partial charge in [0.05, 0.1) is 0 Å². The van der Waals surface area contributed by atoms with Crippen molar-refractivity contribution < 1.29 is 28.6 Å². The summed E-state index contributed by atoms with van der Waals surface area (Å²) in [5.74, 6) is -0.892. The van der Waals surface area contributed by atoms with Gasteiger partial charge in [0, 0.05) is 19.3 Å². The standard InChI is InChI=1S/C74H126O6/c1-4-7-10-13-16-19-22-25-27-29-31-32-33-34-35-36-37-38-39-40-41-42-43-45-46-49-52-55-58-61-64-67-73(76)79-70-71(69-78-72(75)66-63-60-57-54-51-48-24-21-18-15-12-9-6-3)80-74(77)68-65-62-59-56-53-50-47-44-30-28-26-23-20-17-14-11-8-5-2/h7,10,16,19-21,23-25,27-28,30-32,34-35,37-38,71H,4-6,8-9,11-15,17-18,22,26,29,33,36,39-70H2,1-3H3/b10-7-,19-16-,23-20-,24-21-,27-25-,30-28-,32-31-,35-34-,38-37-. The van der Waals surface area contributed by atoms with Gasteiger partial charge in [0.1, 0.15) is 13.2 Å². The number of unbranched alkanes of at least 4 members (excludes halogenated alkanes) is 32. The number of esters is 3. The smallest absolute Gasteiger partial charge is 0.306 e. The molecule has 0 aromatic carbocycles. The van der Waals surface area contributed by atoms with Crippen molar-refractivity contribution in [2.24, 2.45) is 0 Å². The van der Waals surface area contributed by atoms with Gasteiger partial charge in [-0.05, 0) is 128 Å². The van der Waals surface area contributed by atoms with Crippen LogP contribution in [0.2, 0.25) is 0 Å². The first-order valence-electron chi connectivity index (χ1n) is 33.9. The third-order valence-corrected chi connectivity index (χ3v) is 14.5. The molecule has 0 aromatic heterocycles. The molecule has 6 heteroatoms. The Morgan fingerprint density at radius 1 is 0.263 bits per heavy atom. The third-order valence-electron chi connectivity index (χ3n) is 14.5. The molecule has 458 valence electrons. The van der Waals surface area contributed by atoms with Gasteiger partial charge in [-0.2, -0.15) is 0 Å². The quantitative estimate of drug-likeness (QED) is 0.0261. The maximum absolute atomic E-state index is 12.9. The van der Waals surface area contributed by atoms with Crippen LogP contribution in [0.1, 0.15) is 323 Å². The van der Waals surface area contributed by atoms with Crippen LogP contribution in [0.25, 0.3) is 0 Å². The average Bonchev–Trinajstić information content (AvgIpc) is 3.46. The minimum atomic E-state index is -0.788. The van der Waals surface area contributed by atoms with Crippen LogP contribution in [0.15, 0.2) is 109 Å². The topological polar surface area (TPSA) is 78.9 Å². The summed E-state index contributed by atoms with van der Waals surface area (Å²) in [6.45, 7) is 6.50. The summed E-state index contributed by atoms with van der Waals surface area (Å²) in [4.78, 5) is 38.3. The number of allylic oxidation sites excluding steroid dienone is 18. The number of hydrogen-bond acceptors (Lipinski definition) is 6. The largest absolute Gasteiger partial charge is 0.462 e. The van der Waals surface area contributed by atoms with Gasteiger partial charge in [-0.25, -0.2) is 0 Å². The second kappa shape index (κ2) is 67.6. The molecule has 0 heterocycles. The van der Waals surface area contributed by atoms with Crippen LogP contribution in [-0.4, -0.2) is 37.2 Å². The van der Waals surface area contributed by atoms with E-state index in [9.17, 15) is 14.4 Å². The summed E-state index contributed by atoms with van der Waals surface area (Å²) < 4.78 is 16.9. The van der Waals surface area contributed by atoms with Crippen molar-refractivity contribution in [2.75, 3.05) is 13.2 Å². The number of carbonyl (C=O) groups is 3. The predicted octanol–water partition coefficient (Wildman–Crippen LogP) is 23.4. The molecule has 0 N–H and O–H groups in total. The average molecular weight is 1110 g/mol. The summed E-state index contributed by atoms with van der Waals surface area (Å²) in [7, 11) is 0. The molecule has 0 saturated heterocycles. The summed E-state index contributed by atoms with van der Waals surface area (Å²) in [5, 5.41) is 0.